The molecule has 1 aliphatic rings. The molecular formula is C12H24N2. The van der Waals surface area contributed by atoms with Crippen LogP contribution >= 0.6 is 0 Å². The van der Waals surface area contributed by atoms with E-state index in [4.69, 9.17) is 0 Å². The second kappa shape index (κ2) is 5.52. The molecular weight excluding hydrogens is 172 g/mol. The molecule has 0 aliphatic carbocycles. The number of hydrogen-bond donors (Lipinski definition) is 1. The van der Waals surface area contributed by atoms with Gasteiger partial charge in [-0.3, -0.25) is 4.90 Å². The van der Waals surface area contributed by atoms with Crippen LogP contribution in [0, 0.1) is 0 Å². The van der Waals surface area contributed by atoms with Gasteiger partial charge in [0.15, 0.2) is 0 Å². The lowest BCUT2D eigenvalue weighted by molar-refractivity contribution is 0.135. The minimum atomic E-state index is 0.375. The molecule has 14 heavy (non-hydrogen) atoms. The van der Waals surface area contributed by atoms with Crippen LogP contribution in [0.4, 0.5) is 0 Å². The normalized spacial score (nSPS) is 23.1. The third-order valence-corrected chi connectivity index (χ3v) is 3.41. The van der Waals surface area contributed by atoms with Crippen molar-refractivity contribution < 1.29 is 0 Å². The van der Waals surface area contributed by atoms with Crippen LogP contribution in [0.15, 0.2) is 12.2 Å². The fourth-order valence-electron chi connectivity index (χ4n) is 2.18. The molecule has 0 atom stereocenters. The van der Waals surface area contributed by atoms with Gasteiger partial charge < -0.3 is 5.32 Å². The van der Waals surface area contributed by atoms with E-state index in [1.54, 1.807) is 0 Å². The Labute approximate surface area is 88.4 Å². The van der Waals surface area contributed by atoms with Crippen LogP contribution in [0.1, 0.15) is 33.6 Å². The average molecular weight is 196 g/mol. The highest BCUT2D eigenvalue weighted by molar-refractivity contribution is 4.94. The number of piperazine rings is 1. The Morgan fingerprint density at radius 2 is 2.07 bits per heavy atom. The summed E-state index contributed by atoms with van der Waals surface area (Å²) < 4.78 is 0. The largest absolute Gasteiger partial charge is 0.309 e. The molecule has 1 heterocycles. The monoisotopic (exact) mass is 196 g/mol. The van der Waals surface area contributed by atoms with Crippen LogP contribution in [0.25, 0.3) is 0 Å². The van der Waals surface area contributed by atoms with Gasteiger partial charge in [0.25, 0.3) is 0 Å². The molecule has 0 unspecified atom stereocenters. The Morgan fingerprint density at radius 1 is 1.36 bits per heavy atom. The maximum atomic E-state index is 3.67. The van der Waals surface area contributed by atoms with E-state index >= 15 is 0 Å². The van der Waals surface area contributed by atoms with Crippen LogP contribution in [0.5, 0.6) is 0 Å². The van der Waals surface area contributed by atoms with E-state index in [1.165, 1.54) is 25.9 Å². The molecule has 0 amide bonds. The van der Waals surface area contributed by atoms with Crippen LogP contribution in [-0.2, 0) is 0 Å². The van der Waals surface area contributed by atoms with Gasteiger partial charge in [0.2, 0.25) is 0 Å². The molecule has 0 bridgehead atoms. The third-order valence-electron chi connectivity index (χ3n) is 3.41. The molecule has 0 aromatic rings. The molecule has 1 N–H and O–H groups in total. The summed E-state index contributed by atoms with van der Waals surface area (Å²) in [7, 11) is 0. The number of nitrogens with zero attached hydrogens (tertiary/aromatic N) is 1. The summed E-state index contributed by atoms with van der Waals surface area (Å²) in [6.07, 6.45) is 6.86. The molecule has 2 heteroatoms. The Hall–Kier alpha value is -0.340. The van der Waals surface area contributed by atoms with E-state index in [0.29, 0.717) is 5.54 Å². The van der Waals surface area contributed by atoms with Gasteiger partial charge in [-0.15, -0.1) is 0 Å². The fourth-order valence-corrected chi connectivity index (χ4v) is 2.18. The molecule has 0 aromatic carbocycles. The summed E-state index contributed by atoms with van der Waals surface area (Å²) in [5.41, 5.74) is 0.375. The fraction of sp³-hybridized carbons (Fsp3) is 0.833. The smallest absolute Gasteiger partial charge is 0.0304 e. The van der Waals surface area contributed by atoms with Gasteiger partial charge in [-0.25, -0.2) is 0 Å². The highest BCUT2D eigenvalue weighted by Crippen LogP contribution is 2.19. The Morgan fingerprint density at radius 3 is 2.64 bits per heavy atom. The predicted octanol–water partition coefficient (Wildman–Crippen LogP) is 2.03. The van der Waals surface area contributed by atoms with Gasteiger partial charge in [-0.1, -0.05) is 26.0 Å². The Kier molecular flexibility index (Phi) is 4.63. The van der Waals surface area contributed by atoms with Crippen molar-refractivity contribution in [2.75, 3.05) is 26.2 Å². The molecule has 1 rings (SSSR count). The lowest BCUT2D eigenvalue weighted by Crippen LogP contribution is -2.59. The number of nitrogens with one attached hydrogen (secondary N) is 1. The maximum Gasteiger partial charge on any atom is 0.0304 e. The zero-order chi connectivity index (χ0) is 10.4. The van der Waals surface area contributed by atoms with Crippen molar-refractivity contribution in [1.29, 1.82) is 0 Å². The van der Waals surface area contributed by atoms with Crippen molar-refractivity contribution in [2.24, 2.45) is 0 Å². The number of allylic oxidation sites excluding steroid dienone is 1. The van der Waals surface area contributed by atoms with E-state index in [1.807, 2.05) is 0 Å². The van der Waals surface area contributed by atoms with Crippen molar-refractivity contribution >= 4 is 0 Å². The lowest BCUT2D eigenvalue weighted by atomic mass is 9.90. The summed E-state index contributed by atoms with van der Waals surface area (Å²) in [5.74, 6) is 0. The minimum Gasteiger partial charge on any atom is -0.309 e. The van der Waals surface area contributed by atoms with Gasteiger partial charge in [0.05, 0.1) is 0 Å². The first-order chi connectivity index (χ1) is 6.76. The zero-order valence-corrected chi connectivity index (χ0v) is 9.84. The van der Waals surface area contributed by atoms with Crippen LogP contribution in [-0.4, -0.2) is 36.6 Å². The van der Waals surface area contributed by atoms with E-state index < -0.39 is 0 Å². The molecule has 1 saturated heterocycles. The summed E-state index contributed by atoms with van der Waals surface area (Å²) in [4.78, 5) is 2.55. The second-order valence-corrected chi connectivity index (χ2v) is 4.22. The Bertz CT molecular complexity index is 183. The van der Waals surface area contributed by atoms with Crippen molar-refractivity contribution in [3.05, 3.63) is 12.2 Å². The predicted molar refractivity (Wildman–Crippen MR) is 62.6 cm³/mol. The topological polar surface area (TPSA) is 15.3 Å². The summed E-state index contributed by atoms with van der Waals surface area (Å²) in [5, 5.41) is 3.67. The first kappa shape index (κ1) is 11.7. The maximum absolute atomic E-state index is 3.67. The van der Waals surface area contributed by atoms with E-state index in [9.17, 15) is 0 Å². The molecule has 82 valence electrons. The van der Waals surface area contributed by atoms with Crippen molar-refractivity contribution in [3.8, 4) is 0 Å². The Balaban J connectivity index is 2.49. The zero-order valence-electron chi connectivity index (χ0n) is 9.84. The first-order valence-electron chi connectivity index (χ1n) is 5.85. The molecule has 2 nitrogen and oxygen atoms in total. The third kappa shape index (κ3) is 2.82. The molecule has 0 radical (unpaired) electrons. The van der Waals surface area contributed by atoms with Crippen LogP contribution < -0.4 is 5.32 Å². The van der Waals surface area contributed by atoms with Gasteiger partial charge in [-0.2, -0.15) is 0 Å². The SMILES string of the molecule is C/C=C/CN1CCNC(CC)(CC)C1. The standard InChI is InChI=1S/C12H24N2/c1-4-7-9-14-10-8-13-12(5-2,6-3)11-14/h4,7,13H,5-6,8-11H2,1-3H3/b7-4+. The van der Waals surface area contributed by atoms with Crippen LogP contribution in [0.3, 0.4) is 0 Å². The first-order valence-corrected chi connectivity index (χ1v) is 5.85. The highest BCUT2D eigenvalue weighted by atomic mass is 15.2. The van der Waals surface area contributed by atoms with Gasteiger partial charge in [0, 0.05) is 31.7 Å². The molecule has 0 spiro atoms. The van der Waals surface area contributed by atoms with Crippen molar-refractivity contribution in [2.45, 2.75) is 39.2 Å². The van der Waals surface area contributed by atoms with Gasteiger partial charge in [-0.05, 0) is 19.8 Å². The van der Waals surface area contributed by atoms with E-state index in [2.05, 4.69) is 43.1 Å². The highest BCUT2D eigenvalue weighted by Gasteiger charge is 2.30. The lowest BCUT2D eigenvalue weighted by Gasteiger charge is -2.42. The van der Waals surface area contributed by atoms with Crippen LogP contribution in [0.2, 0.25) is 0 Å². The van der Waals surface area contributed by atoms with Crippen molar-refractivity contribution in [3.63, 3.8) is 0 Å². The quantitative estimate of drug-likeness (QED) is 0.692. The summed E-state index contributed by atoms with van der Waals surface area (Å²) >= 11 is 0. The minimum absolute atomic E-state index is 0.375. The molecule has 0 saturated carbocycles. The van der Waals surface area contributed by atoms with E-state index in [-0.39, 0.29) is 0 Å². The number of rotatable bonds is 4. The molecule has 1 fully saturated rings. The van der Waals surface area contributed by atoms with Gasteiger partial charge in [0.1, 0.15) is 0 Å². The summed E-state index contributed by atoms with van der Waals surface area (Å²) in [6.45, 7) is 11.3. The molecule has 1 aliphatic heterocycles. The second-order valence-electron chi connectivity index (χ2n) is 4.22. The molecule has 0 aromatic heterocycles. The van der Waals surface area contributed by atoms with Gasteiger partial charge >= 0.3 is 0 Å². The summed E-state index contributed by atoms with van der Waals surface area (Å²) in [6, 6.07) is 0. The number of hydrogen-bond acceptors (Lipinski definition) is 2. The van der Waals surface area contributed by atoms with E-state index in [0.717, 1.165) is 13.1 Å². The van der Waals surface area contributed by atoms with Crippen molar-refractivity contribution in [1.82, 2.24) is 10.2 Å². The average Bonchev–Trinajstić information content (AvgIpc) is 2.26.